The molecule has 1 aliphatic heterocycles. The van der Waals surface area contributed by atoms with Crippen molar-refractivity contribution >= 4 is 33.0 Å². The number of nitrogens with zero attached hydrogens (tertiary/aromatic N) is 2. The van der Waals surface area contributed by atoms with E-state index >= 15 is 0 Å². The highest BCUT2D eigenvalue weighted by atomic mass is 32.2. The zero-order chi connectivity index (χ0) is 26.0. The Morgan fingerprint density at radius 2 is 1.92 bits per heavy atom. The molecule has 8 nitrogen and oxygen atoms in total. The Balaban J connectivity index is 1.50. The minimum Gasteiger partial charge on any atom is -0.487 e. The van der Waals surface area contributed by atoms with Gasteiger partial charge in [0, 0.05) is 17.7 Å². The highest BCUT2D eigenvalue weighted by Gasteiger charge is 2.34. The summed E-state index contributed by atoms with van der Waals surface area (Å²) in [5.74, 6) is 0.105. The maximum Gasteiger partial charge on any atom is 0.337 e. The highest BCUT2D eigenvalue weighted by molar-refractivity contribution is 7.94. The standard InChI is InChI=1S/C27H30N2O6S2/c1-18-17-36-27(28-18)37(31,32)29(15-23-7-4-12-34-23)24-13-21-5-3-6-22(21)14-25(24)35-16-19-8-10-20(11-9-19)26(30)33-2/h8-11,13-14,17,23H,3-7,12,15-16H2,1-2H3. The van der Waals surface area contributed by atoms with E-state index in [1.54, 1.807) is 36.6 Å². The summed E-state index contributed by atoms with van der Waals surface area (Å²) in [6, 6.07) is 10.9. The van der Waals surface area contributed by atoms with Crippen molar-refractivity contribution in [3.63, 3.8) is 0 Å². The second kappa shape index (κ2) is 10.8. The van der Waals surface area contributed by atoms with Gasteiger partial charge in [0.15, 0.2) is 0 Å². The molecule has 0 bridgehead atoms. The van der Waals surface area contributed by atoms with Crippen LogP contribution in [0.25, 0.3) is 0 Å². The molecule has 2 aliphatic rings. The van der Waals surface area contributed by atoms with Gasteiger partial charge in [0.1, 0.15) is 12.4 Å². The molecule has 3 aromatic rings. The quantitative estimate of drug-likeness (QED) is 0.362. The third-order valence-electron chi connectivity index (χ3n) is 6.71. The van der Waals surface area contributed by atoms with Gasteiger partial charge in [-0.05, 0) is 80.0 Å². The zero-order valence-electron chi connectivity index (χ0n) is 20.9. The number of methoxy groups -OCH3 is 1. The van der Waals surface area contributed by atoms with E-state index in [4.69, 9.17) is 14.2 Å². The lowest BCUT2D eigenvalue weighted by molar-refractivity contribution is 0.0600. The summed E-state index contributed by atoms with van der Waals surface area (Å²) >= 11 is 1.12. The lowest BCUT2D eigenvalue weighted by Crippen LogP contribution is -2.38. The average Bonchev–Trinajstić information content (AvgIpc) is 3.67. The van der Waals surface area contributed by atoms with E-state index in [2.05, 4.69) is 4.98 Å². The summed E-state index contributed by atoms with van der Waals surface area (Å²) in [5.41, 5.74) is 4.81. The molecular formula is C27H30N2O6S2. The number of fused-ring (bicyclic) bond motifs is 1. The summed E-state index contributed by atoms with van der Waals surface area (Å²) in [7, 11) is -2.59. The Hall–Kier alpha value is -2.95. The van der Waals surface area contributed by atoms with Gasteiger partial charge in [0.25, 0.3) is 10.0 Å². The van der Waals surface area contributed by atoms with Gasteiger partial charge in [0.05, 0.1) is 31.0 Å². The number of rotatable bonds is 9. The number of carbonyl (C=O) groups is 1. The van der Waals surface area contributed by atoms with Gasteiger partial charge in [-0.1, -0.05) is 12.1 Å². The van der Waals surface area contributed by atoms with Crippen LogP contribution >= 0.6 is 11.3 Å². The SMILES string of the molecule is COC(=O)c1ccc(COc2cc3c(cc2N(CC2CCCO2)S(=O)(=O)c2nc(C)cs2)CCC3)cc1. The molecule has 0 radical (unpaired) electrons. The third kappa shape index (κ3) is 5.51. The first kappa shape index (κ1) is 25.7. The van der Waals surface area contributed by atoms with Crippen LogP contribution in [-0.2, 0) is 38.9 Å². The zero-order valence-corrected chi connectivity index (χ0v) is 22.6. The van der Waals surface area contributed by atoms with Crippen LogP contribution in [0.5, 0.6) is 5.75 Å². The van der Waals surface area contributed by atoms with Crippen LogP contribution in [0.3, 0.4) is 0 Å². The molecular weight excluding hydrogens is 512 g/mol. The number of ether oxygens (including phenoxy) is 3. The number of esters is 1. The van der Waals surface area contributed by atoms with Crippen LogP contribution in [0.4, 0.5) is 5.69 Å². The van der Waals surface area contributed by atoms with E-state index in [1.807, 2.05) is 12.1 Å². The van der Waals surface area contributed by atoms with Crippen LogP contribution in [0.15, 0.2) is 46.1 Å². The number of benzene rings is 2. The monoisotopic (exact) mass is 542 g/mol. The molecule has 0 spiro atoms. The van der Waals surface area contributed by atoms with E-state index in [0.29, 0.717) is 29.3 Å². The molecule has 1 atom stereocenters. The number of sulfonamides is 1. The molecule has 10 heteroatoms. The van der Waals surface area contributed by atoms with Crippen molar-refractivity contribution in [2.45, 2.75) is 56.1 Å². The first-order valence-electron chi connectivity index (χ1n) is 12.4. The molecule has 37 heavy (non-hydrogen) atoms. The molecule has 2 aromatic carbocycles. The van der Waals surface area contributed by atoms with E-state index in [-0.39, 0.29) is 23.6 Å². The van der Waals surface area contributed by atoms with E-state index < -0.39 is 16.0 Å². The van der Waals surface area contributed by atoms with Crippen LogP contribution in [0, 0.1) is 6.92 Å². The molecule has 2 heterocycles. The highest BCUT2D eigenvalue weighted by Crippen LogP contribution is 2.39. The van der Waals surface area contributed by atoms with Crippen molar-refractivity contribution in [2.75, 3.05) is 24.6 Å². The molecule has 0 N–H and O–H groups in total. The van der Waals surface area contributed by atoms with Gasteiger partial charge >= 0.3 is 5.97 Å². The van der Waals surface area contributed by atoms with Crippen LogP contribution < -0.4 is 9.04 Å². The summed E-state index contributed by atoms with van der Waals surface area (Å²) in [6.45, 7) is 2.83. The van der Waals surface area contributed by atoms with E-state index in [9.17, 15) is 13.2 Å². The van der Waals surface area contributed by atoms with Crippen molar-refractivity contribution in [1.82, 2.24) is 4.98 Å². The molecule has 0 amide bonds. The number of hydrogen-bond acceptors (Lipinski definition) is 8. The van der Waals surface area contributed by atoms with E-state index in [0.717, 1.165) is 54.6 Å². The number of hydrogen-bond donors (Lipinski definition) is 0. The Morgan fingerprint density at radius 3 is 2.57 bits per heavy atom. The lowest BCUT2D eigenvalue weighted by Gasteiger charge is -2.28. The van der Waals surface area contributed by atoms with Gasteiger partial charge in [-0.3, -0.25) is 4.31 Å². The minimum absolute atomic E-state index is 0.0628. The Bertz CT molecular complexity index is 1380. The van der Waals surface area contributed by atoms with Crippen molar-refractivity contribution in [3.05, 3.63) is 69.7 Å². The van der Waals surface area contributed by atoms with Gasteiger partial charge in [-0.2, -0.15) is 8.42 Å². The molecule has 1 saturated heterocycles. The fraction of sp³-hybridized carbons (Fsp3) is 0.407. The first-order chi connectivity index (χ1) is 17.8. The van der Waals surface area contributed by atoms with Crippen LogP contribution in [0.1, 0.15) is 52.0 Å². The fourth-order valence-corrected chi connectivity index (χ4v) is 7.39. The summed E-state index contributed by atoms with van der Waals surface area (Å²) in [4.78, 5) is 16.1. The van der Waals surface area contributed by atoms with Crippen molar-refractivity contribution < 1.29 is 27.4 Å². The van der Waals surface area contributed by atoms with Gasteiger partial charge in [0.2, 0.25) is 4.34 Å². The minimum atomic E-state index is -3.93. The van der Waals surface area contributed by atoms with Crippen molar-refractivity contribution in [3.8, 4) is 5.75 Å². The lowest BCUT2D eigenvalue weighted by atomic mass is 10.1. The maximum absolute atomic E-state index is 13.9. The van der Waals surface area contributed by atoms with Gasteiger partial charge < -0.3 is 14.2 Å². The van der Waals surface area contributed by atoms with Crippen LogP contribution in [-0.4, -0.2) is 45.7 Å². The van der Waals surface area contributed by atoms with Gasteiger partial charge in [-0.25, -0.2) is 9.78 Å². The predicted molar refractivity (Wildman–Crippen MR) is 141 cm³/mol. The molecule has 5 rings (SSSR count). The second-order valence-electron chi connectivity index (χ2n) is 9.35. The molecule has 1 aromatic heterocycles. The number of anilines is 1. The molecule has 1 fully saturated rings. The van der Waals surface area contributed by atoms with Crippen molar-refractivity contribution in [1.29, 1.82) is 0 Å². The number of thiazole rings is 1. The Labute approximate surface area is 221 Å². The molecule has 1 unspecified atom stereocenters. The normalized spacial score (nSPS) is 17.0. The summed E-state index contributed by atoms with van der Waals surface area (Å²) in [5, 5.41) is 1.75. The maximum atomic E-state index is 13.9. The Morgan fingerprint density at radius 1 is 1.16 bits per heavy atom. The summed E-state index contributed by atoms with van der Waals surface area (Å²) in [6.07, 6.45) is 4.38. The average molecular weight is 543 g/mol. The molecule has 0 saturated carbocycles. The first-order valence-corrected chi connectivity index (χ1v) is 14.7. The third-order valence-corrected chi connectivity index (χ3v) is 9.84. The topological polar surface area (TPSA) is 95.0 Å². The summed E-state index contributed by atoms with van der Waals surface area (Å²) < 4.78 is 46.2. The fourth-order valence-electron chi connectivity index (χ4n) is 4.76. The van der Waals surface area contributed by atoms with Gasteiger partial charge in [-0.15, -0.1) is 11.3 Å². The molecule has 196 valence electrons. The predicted octanol–water partition coefficient (Wildman–Crippen LogP) is 4.68. The molecule has 1 aliphatic carbocycles. The number of aromatic nitrogens is 1. The van der Waals surface area contributed by atoms with Crippen molar-refractivity contribution in [2.24, 2.45) is 0 Å². The number of aryl methyl sites for hydroxylation is 3. The smallest absolute Gasteiger partial charge is 0.337 e. The van der Waals surface area contributed by atoms with E-state index in [1.165, 1.54) is 17.0 Å². The van der Waals surface area contributed by atoms with Crippen LogP contribution in [0.2, 0.25) is 0 Å². The Kier molecular flexibility index (Phi) is 7.50. The number of carbonyl (C=O) groups excluding carboxylic acids is 1. The largest absolute Gasteiger partial charge is 0.487 e. The second-order valence-corrected chi connectivity index (χ2v) is 12.2.